The number of imide groups is 1. The molecule has 0 aromatic heterocycles. The van der Waals surface area contributed by atoms with E-state index < -0.39 is 11.2 Å². The van der Waals surface area contributed by atoms with E-state index in [1.165, 1.54) is 0 Å². The van der Waals surface area contributed by atoms with Gasteiger partial charge in [0.25, 0.3) is 0 Å². The number of aliphatic carboxylic acids is 1. The van der Waals surface area contributed by atoms with Gasteiger partial charge in [-0.1, -0.05) is 29.3 Å². The molecule has 2 rings (SSSR count). The number of carboxylic acid groups (broad SMARTS) is 1. The summed E-state index contributed by atoms with van der Waals surface area (Å²) in [5.41, 5.74) is 0.264. The van der Waals surface area contributed by atoms with Crippen LogP contribution in [-0.2, 0) is 14.4 Å². The Bertz CT molecular complexity index is 608. The van der Waals surface area contributed by atoms with E-state index in [-0.39, 0.29) is 46.1 Å². The lowest BCUT2D eigenvalue weighted by Gasteiger charge is -2.16. The highest BCUT2D eigenvalue weighted by atomic mass is 35.5. The minimum absolute atomic E-state index is 0.0337. The first kappa shape index (κ1) is 16.1. The Labute approximate surface area is 135 Å². The molecule has 8 heteroatoms. The second-order valence-electron chi connectivity index (χ2n) is 4.35. The minimum atomic E-state index is -0.936. The number of anilines is 1. The fraction of sp³-hybridized carbons (Fsp3) is 0.308. The van der Waals surface area contributed by atoms with Crippen LogP contribution in [0.3, 0.4) is 0 Å². The van der Waals surface area contributed by atoms with Crippen molar-refractivity contribution in [2.24, 2.45) is 0 Å². The van der Waals surface area contributed by atoms with Crippen LogP contribution in [-0.4, -0.2) is 33.9 Å². The molecule has 21 heavy (non-hydrogen) atoms. The Morgan fingerprint density at radius 2 is 2.10 bits per heavy atom. The largest absolute Gasteiger partial charge is 0.481 e. The molecule has 0 bridgehead atoms. The maximum absolute atomic E-state index is 12.3. The van der Waals surface area contributed by atoms with E-state index in [0.29, 0.717) is 0 Å². The summed E-state index contributed by atoms with van der Waals surface area (Å²) in [4.78, 5) is 35.8. The summed E-state index contributed by atoms with van der Waals surface area (Å²) in [6, 6.07) is 4.72. The third-order valence-electron chi connectivity index (χ3n) is 2.91. The maximum Gasteiger partial charge on any atom is 0.304 e. The molecule has 1 atom stereocenters. The second-order valence-corrected chi connectivity index (χ2v) is 6.44. The molecule has 0 spiro atoms. The molecule has 5 nitrogen and oxygen atoms in total. The van der Waals surface area contributed by atoms with Crippen LogP contribution in [0.1, 0.15) is 12.8 Å². The summed E-state index contributed by atoms with van der Waals surface area (Å²) in [5.74, 6) is -1.42. The Kier molecular flexibility index (Phi) is 5.13. The van der Waals surface area contributed by atoms with E-state index in [1.807, 2.05) is 0 Å². The van der Waals surface area contributed by atoms with Crippen molar-refractivity contribution in [3.8, 4) is 0 Å². The number of benzene rings is 1. The van der Waals surface area contributed by atoms with Crippen LogP contribution in [0.15, 0.2) is 18.2 Å². The fourth-order valence-corrected chi connectivity index (χ4v) is 3.41. The summed E-state index contributed by atoms with van der Waals surface area (Å²) in [5, 5.41) is 8.43. The number of carbonyl (C=O) groups excluding carboxylic acids is 2. The number of amides is 2. The third kappa shape index (κ3) is 3.51. The van der Waals surface area contributed by atoms with E-state index in [4.69, 9.17) is 28.3 Å². The Morgan fingerprint density at radius 3 is 2.76 bits per heavy atom. The molecule has 1 unspecified atom stereocenters. The molecule has 112 valence electrons. The van der Waals surface area contributed by atoms with Gasteiger partial charge in [-0.2, -0.15) is 0 Å². The zero-order valence-electron chi connectivity index (χ0n) is 10.7. The van der Waals surface area contributed by atoms with E-state index in [1.54, 1.807) is 18.2 Å². The highest BCUT2D eigenvalue weighted by molar-refractivity contribution is 8.00. The second kappa shape index (κ2) is 6.68. The molecule has 1 aliphatic heterocycles. The van der Waals surface area contributed by atoms with Crippen molar-refractivity contribution in [3.05, 3.63) is 28.2 Å². The molecule has 1 saturated heterocycles. The van der Waals surface area contributed by atoms with Crippen molar-refractivity contribution >= 4 is 58.4 Å². The topological polar surface area (TPSA) is 74.7 Å². The molecule has 0 radical (unpaired) electrons. The summed E-state index contributed by atoms with van der Waals surface area (Å²) >= 11 is 13.1. The molecule has 1 heterocycles. The van der Waals surface area contributed by atoms with Gasteiger partial charge < -0.3 is 5.11 Å². The predicted molar refractivity (Wildman–Crippen MR) is 82.1 cm³/mol. The number of carbonyl (C=O) groups is 3. The number of hydrogen-bond donors (Lipinski definition) is 1. The highest BCUT2D eigenvalue weighted by Gasteiger charge is 2.40. The Morgan fingerprint density at radius 1 is 1.38 bits per heavy atom. The normalized spacial score (nSPS) is 18.4. The van der Waals surface area contributed by atoms with Gasteiger partial charge in [0.1, 0.15) is 0 Å². The van der Waals surface area contributed by atoms with Crippen molar-refractivity contribution in [1.29, 1.82) is 0 Å². The molecule has 1 N–H and O–H groups in total. The molecular formula is C13H11Cl2NO4S. The zero-order valence-corrected chi connectivity index (χ0v) is 13.0. The Balaban J connectivity index is 2.15. The maximum atomic E-state index is 12.3. The van der Waals surface area contributed by atoms with Gasteiger partial charge in [0.2, 0.25) is 11.8 Å². The van der Waals surface area contributed by atoms with Crippen LogP contribution >= 0.6 is 35.0 Å². The summed E-state index contributed by atoms with van der Waals surface area (Å²) in [6.07, 6.45) is -0.0213. The average Bonchev–Trinajstić information content (AvgIpc) is 2.68. The first-order chi connectivity index (χ1) is 9.91. The van der Waals surface area contributed by atoms with Crippen molar-refractivity contribution in [2.45, 2.75) is 18.1 Å². The van der Waals surface area contributed by atoms with Crippen LogP contribution in [0, 0.1) is 0 Å². The molecule has 1 fully saturated rings. The van der Waals surface area contributed by atoms with Gasteiger partial charge in [0, 0.05) is 12.2 Å². The molecule has 1 aromatic carbocycles. The van der Waals surface area contributed by atoms with E-state index >= 15 is 0 Å². The van der Waals surface area contributed by atoms with Crippen LogP contribution in [0.2, 0.25) is 10.0 Å². The number of hydrogen-bond acceptors (Lipinski definition) is 4. The smallest absolute Gasteiger partial charge is 0.304 e. The Hall–Kier alpha value is -1.24. The van der Waals surface area contributed by atoms with E-state index in [9.17, 15) is 14.4 Å². The highest BCUT2D eigenvalue weighted by Crippen LogP contribution is 2.37. The van der Waals surface area contributed by atoms with Crippen molar-refractivity contribution in [1.82, 2.24) is 0 Å². The summed E-state index contributed by atoms with van der Waals surface area (Å²) in [6.45, 7) is 0. The molecule has 0 aliphatic carbocycles. The molecular weight excluding hydrogens is 337 g/mol. The first-order valence-corrected chi connectivity index (χ1v) is 7.86. The standard InChI is InChI=1S/C13H11Cl2NO4S/c14-7-2-1-3-8(12(7)15)16-10(17)6-9(13(16)20)21-5-4-11(18)19/h1-3,9H,4-6H2,(H,18,19). The van der Waals surface area contributed by atoms with Crippen LogP contribution in [0.4, 0.5) is 5.69 Å². The molecule has 1 aromatic rings. The quantitative estimate of drug-likeness (QED) is 0.829. The summed E-state index contributed by atoms with van der Waals surface area (Å²) in [7, 11) is 0. The summed E-state index contributed by atoms with van der Waals surface area (Å²) < 4.78 is 0. The average molecular weight is 348 g/mol. The molecule has 2 amide bonds. The van der Waals surface area contributed by atoms with Crippen molar-refractivity contribution in [2.75, 3.05) is 10.7 Å². The van der Waals surface area contributed by atoms with Crippen molar-refractivity contribution < 1.29 is 19.5 Å². The van der Waals surface area contributed by atoms with Gasteiger partial charge in [-0.15, -0.1) is 11.8 Å². The monoisotopic (exact) mass is 347 g/mol. The predicted octanol–water partition coefficient (Wildman–Crippen LogP) is 2.83. The first-order valence-electron chi connectivity index (χ1n) is 6.06. The SMILES string of the molecule is O=C(O)CCSC1CC(=O)N(c2cccc(Cl)c2Cl)C1=O. The number of nitrogens with zero attached hydrogens (tertiary/aromatic N) is 1. The third-order valence-corrected chi connectivity index (χ3v) is 4.93. The zero-order chi connectivity index (χ0) is 15.6. The lowest BCUT2D eigenvalue weighted by atomic mass is 10.3. The van der Waals surface area contributed by atoms with Gasteiger partial charge in [-0.25, -0.2) is 4.90 Å². The number of carboxylic acids is 1. The van der Waals surface area contributed by atoms with Gasteiger partial charge in [0.05, 0.1) is 27.4 Å². The van der Waals surface area contributed by atoms with Crippen LogP contribution in [0.5, 0.6) is 0 Å². The van der Waals surface area contributed by atoms with Crippen LogP contribution in [0.25, 0.3) is 0 Å². The van der Waals surface area contributed by atoms with E-state index in [0.717, 1.165) is 16.7 Å². The molecule has 0 saturated carbocycles. The lowest BCUT2D eigenvalue weighted by molar-refractivity contribution is -0.136. The van der Waals surface area contributed by atoms with Gasteiger partial charge in [-0.3, -0.25) is 14.4 Å². The van der Waals surface area contributed by atoms with Gasteiger partial charge in [0.15, 0.2) is 0 Å². The number of halogens is 2. The number of rotatable bonds is 5. The van der Waals surface area contributed by atoms with Crippen molar-refractivity contribution in [3.63, 3.8) is 0 Å². The van der Waals surface area contributed by atoms with E-state index in [2.05, 4.69) is 0 Å². The van der Waals surface area contributed by atoms with Crippen LogP contribution < -0.4 is 4.90 Å². The fourth-order valence-electron chi connectivity index (χ4n) is 1.94. The van der Waals surface area contributed by atoms with Gasteiger partial charge >= 0.3 is 5.97 Å². The lowest BCUT2D eigenvalue weighted by Crippen LogP contribution is -2.31. The minimum Gasteiger partial charge on any atom is -0.481 e. The molecule has 1 aliphatic rings. The van der Waals surface area contributed by atoms with Gasteiger partial charge in [-0.05, 0) is 12.1 Å². The number of thioether (sulfide) groups is 1.